The fourth-order valence-electron chi connectivity index (χ4n) is 2.55. The van der Waals surface area contributed by atoms with E-state index in [-0.39, 0.29) is 0 Å². The fourth-order valence-corrected chi connectivity index (χ4v) is 2.81. The zero-order chi connectivity index (χ0) is 13.1. The maximum absolute atomic E-state index is 6.14. The summed E-state index contributed by atoms with van der Waals surface area (Å²) < 4.78 is 0. The summed E-state index contributed by atoms with van der Waals surface area (Å²) in [6.07, 6.45) is 4.80. The first-order valence-corrected chi connectivity index (χ1v) is 6.92. The van der Waals surface area contributed by atoms with Crippen molar-refractivity contribution in [3.05, 3.63) is 17.0 Å². The van der Waals surface area contributed by atoms with Crippen molar-refractivity contribution in [1.29, 1.82) is 0 Å². The normalized spacial score (nSPS) is 17.5. The number of halogens is 1. The SMILES string of the molecule is CCc1c(Cl)ncnc1N1CCC(N(C)C)CC1. The second-order valence-corrected chi connectivity index (χ2v) is 5.36. The van der Waals surface area contributed by atoms with E-state index in [1.165, 1.54) is 12.8 Å². The van der Waals surface area contributed by atoms with Gasteiger partial charge in [-0.2, -0.15) is 0 Å². The third-order valence-corrected chi connectivity index (χ3v) is 4.04. The lowest BCUT2D eigenvalue weighted by atomic mass is 10.0. The standard InChI is InChI=1S/C13H21ClN4/c1-4-11-12(14)15-9-16-13(11)18-7-5-10(6-8-18)17(2)3/h9-10H,4-8H2,1-3H3. The van der Waals surface area contributed by atoms with E-state index in [0.29, 0.717) is 11.2 Å². The summed E-state index contributed by atoms with van der Waals surface area (Å²) in [4.78, 5) is 13.1. The highest BCUT2D eigenvalue weighted by molar-refractivity contribution is 6.30. The molecule has 0 radical (unpaired) electrons. The monoisotopic (exact) mass is 268 g/mol. The van der Waals surface area contributed by atoms with Gasteiger partial charge in [0.1, 0.15) is 17.3 Å². The minimum absolute atomic E-state index is 0.595. The molecule has 18 heavy (non-hydrogen) atoms. The van der Waals surface area contributed by atoms with Gasteiger partial charge in [-0.1, -0.05) is 18.5 Å². The topological polar surface area (TPSA) is 32.3 Å². The molecule has 2 heterocycles. The van der Waals surface area contributed by atoms with Crippen molar-refractivity contribution in [2.75, 3.05) is 32.1 Å². The molecule has 0 atom stereocenters. The van der Waals surface area contributed by atoms with E-state index < -0.39 is 0 Å². The van der Waals surface area contributed by atoms with E-state index in [2.05, 4.69) is 40.8 Å². The van der Waals surface area contributed by atoms with Crippen LogP contribution < -0.4 is 4.90 Å². The molecule has 1 aliphatic rings. The molecule has 5 heteroatoms. The van der Waals surface area contributed by atoms with E-state index in [1.54, 1.807) is 6.33 Å². The van der Waals surface area contributed by atoms with Gasteiger partial charge >= 0.3 is 0 Å². The number of aromatic nitrogens is 2. The van der Waals surface area contributed by atoms with E-state index in [4.69, 9.17) is 11.6 Å². The van der Waals surface area contributed by atoms with Crippen LogP contribution in [0.4, 0.5) is 5.82 Å². The molecule has 0 bridgehead atoms. The molecule has 1 aliphatic heterocycles. The first-order valence-electron chi connectivity index (χ1n) is 6.54. The Kier molecular flexibility index (Phi) is 4.40. The van der Waals surface area contributed by atoms with E-state index >= 15 is 0 Å². The molecule has 0 aliphatic carbocycles. The zero-order valence-corrected chi connectivity index (χ0v) is 12.1. The van der Waals surface area contributed by atoms with Crippen LogP contribution in [-0.4, -0.2) is 48.1 Å². The highest BCUT2D eigenvalue weighted by Crippen LogP contribution is 2.26. The lowest BCUT2D eigenvalue weighted by Gasteiger charge is -2.36. The third kappa shape index (κ3) is 2.75. The molecule has 2 rings (SSSR count). The molecule has 0 spiro atoms. The Bertz CT molecular complexity index is 400. The summed E-state index contributed by atoms with van der Waals surface area (Å²) in [6, 6.07) is 0.684. The molecule has 1 aromatic heterocycles. The lowest BCUT2D eigenvalue weighted by Crippen LogP contribution is -2.42. The molecule has 0 N–H and O–H groups in total. The lowest BCUT2D eigenvalue weighted by molar-refractivity contribution is 0.249. The maximum Gasteiger partial charge on any atom is 0.137 e. The van der Waals surface area contributed by atoms with Crippen molar-refractivity contribution in [1.82, 2.24) is 14.9 Å². The van der Waals surface area contributed by atoms with Crippen LogP contribution in [0.1, 0.15) is 25.3 Å². The van der Waals surface area contributed by atoms with E-state index in [0.717, 1.165) is 30.9 Å². The van der Waals surface area contributed by atoms with Crippen LogP contribution in [0.2, 0.25) is 5.15 Å². The molecular formula is C13H21ClN4. The highest BCUT2D eigenvalue weighted by Gasteiger charge is 2.23. The number of hydrogen-bond donors (Lipinski definition) is 0. The number of rotatable bonds is 3. The van der Waals surface area contributed by atoms with Crippen molar-refractivity contribution in [3.63, 3.8) is 0 Å². The summed E-state index contributed by atoms with van der Waals surface area (Å²) >= 11 is 6.14. The number of piperidine rings is 1. The second-order valence-electron chi connectivity index (χ2n) is 5.00. The number of anilines is 1. The Balaban J connectivity index is 2.12. The Morgan fingerprint density at radius 2 is 2.00 bits per heavy atom. The predicted molar refractivity (Wildman–Crippen MR) is 75.3 cm³/mol. The summed E-state index contributed by atoms with van der Waals surface area (Å²) in [5.74, 6) is 1.02. The average molecular weight is 269 g/mol. The van der Waals surface area contributed by atoms with Crippen LogP contribution in [-0.2, 0) is 6.42 Å². The van der Waals surface area contributed by atoms with Gasteiger partial charge in [-0.15, -0.1) is 0 Å². The van der Waals surface area contributed by atoms with Crippen LogP contribution in [0, 0.1) is 0 Å². The summed E-state index contributed by atoms with van der Waals surface area (Å²) in [6.45, 7) is 4.19. The van der Waals surface area contributed by atoms with Gasteiger partial charge in [0.2, 0.25) is 0 Å². The summed E-state index contributed by atoms with van der Waals surface area (Å²) in [5, 5.41) is 0.595. The zero-order valence-electron chi connectivity index (χ0n) is 11.4. The van der Waals surface area contributed by atoms with Crippen LogP contribution in [0.3, 0.4) is 0 Å². The van der Waals surface area contributed by atoms with Gasteiger partial charge in [0.15, 0.2) is 0 Å². The van der Waals surface area contributed by atoms with Gasteiger partial charge in [0.25, 0.3) is 0 Å². The molecular weight excluding hydrogens is 248 g/mol. The van der Waals surface area contributed by atoms with Gasteiger partial charge in [0.05, 0.1) is 0 Å². The smallest absolute Gasteiger partial charge is 0.137 e. The Labute approximate surface area is 114 Å². The van der Waals surface area contributed by atoms with Crippen molar-refractivity contribution in [2.24, 2.45) is 0 Å². The van der Waals surface area contributed by atoms with E-state index in [1.807, 2.05) is 0 Å². The minimum Gasteiger partial charge on any atom is -0.356 e. The van der Waals surface area contributed by atoms with Crippen LogP contribution in [0.5, 0.6) is 0 Å². The summed E-state index contributed by atoms with van der Waals surface area (Å²) in [5.41, 5.74) is 1.07. The largest absolute Gasteiger partial charge is 0.356 e. The van der Waals surface area contributed by atoms with Crippen molar-refractivity contribution < 1.29 is 0 Å². The fraction of sp³-hybridized carbons (Fsp3) is 0.692. The van der Waals surface area contributed by atoms with Crippen LogP contribution in [0.15, 0.2) is 6.33 Å². The molecule has 1 saturated heterocycles. The van der Waals surface area contributed by atoms with Crippen LogP contribution >= 0.6 is 11.6 Å². The number of nitrogens with zero attached hydrogens (tertiary/aromatic N) is 4. The summed E-state index contributed by atoms with van der Waals surface area (Å²) in [7, 11) is 4.30. The number of hydrogen-bond acceptors (Lipinski definition) is 4. The van der Waals surface area contributed by atoms with Gasteiger partial charge in [-0.05, 0) is 33.4 Å². The molecule has 0 unspecified atom stereocenters. The molecule has 0 saturated carbocycles. The molecule has 0 amide bonds. The molecule has 4 nitrogen and oxygen atoms in total. The van der Waals surface area contributed by atoms with Gasteiger partial charge in [-0.3, -0.25) is 0 Å². The van der Waals surface area contributed by atoms with Gasteiger partial charge in [0, 0.05) is 24.7 Å². The average Bonchev–Trinajstić information content (AvgIpc) is 2.38. The molecule has 100 valence electrons. The van der Waals surface area contributed by atoms with Crippen molar-refractivity contribution >= 4 is 17.4 Å². The maximum atomic E-state index is 6.14. The van der Waals surface area contributed by atoms with Gasteiger partial charge < -0.3 is 9.80 Å². The first-order chi connectivity index (χ1) is 8.63. The van der Waals surface area contributed by atoms with Crippen molar-refractivity contribution in [3.8, 4) is 0 Å². The van der Waals surface area contributed by atoms with Gasteiger partial charge in [-0.25, -0.2) is 9.97 Å². The van der Waals surface area contributed by atoms with E-state index in [9.17, 15) is 0 Å². The molecule has 1 aromatic rings. The Morgan fingerprint density at radius 3 is 2.56 bits per heavy atom. The first kappa shape index (κ1) is 13.6. The molecule has 1 fully saturated rings. The molecule has 0 aromatic carbocycles. The Morgan fingerprint density at radius 1 is 1.33 bits per heavy atom. The highest BCUT2D eigenvalue weighted by atomic mass is 35.5. The third-order valence-electron chi connectivity index (χ3n) is 3.72. The minimum atomic E-state index is 0.595. The van der Waals surface area contributed by atoms with Crippen LogP contribution in [0.25, 0.3) is 0 Å². The Hall–Kier alpha value is -0.870. The second kappa shape index (κ2) is 5.85. The predicted octanol–water partition coefficient (Wildman–Crippen LogP) is 2.22. The quantitative estimate of drug-likeness (QED) is 0.787. The van der Waals surface area contributed by atoms with Crippen molar-refractivity contribution in [2.45, 2.75) is 32.2 Å².